The number of carbonyl (C=O) groups excluding carboxylic acids is 1. The first-order chi connectivity index (χ1) is 7.58. The molecule has 0 aliphatic carbocycles. The third-order valence-corrected chi connectivity index (χ3v) is 3.14. The highest BCUT2D eigenvalue weighted by Crippen LogP contribution is 2.15. The highest BCUT2D eigenvalue weighted by molar-refractivity contribution is 7.15. The Bertz CT molecular complexity index is 515. The maximum Gasteiger partial charge on any atom is 0.271 e. The van der Waals surface area contributed by atoms with Crippen molar-refractivity contribution in [3.05, 3.63) is 23.0 Å². The molecule has 2 aromatic heterocycles. The highest BCUT2D eigenvalue weighted by atomic mass is 32.1. The van der Waals surface area contributed by atoms with Gasteiger partial charge in [-0.15, -0.1) is 11.3 Å². The third-order valence-electron chi connectivity index (χ3n) is 2.18. The van der Waals surface area contributed by atoms with Gasteiger partial charge in [0.15, 0.2) is 4.96 Å². The minimum atomic E-state index is -0.547. The summed E-state index contributed by atoms with van der Waals surface area (Å²) in [5, 5.41) is 13.6. The maximum absolute atomic E-state index is 11.6. The normalized spacial score (nSPS) is 12.9. The second-order valence-corrected chi connectivity index (χ2v) is 4.55. The van der Waals surface area contributed by atoms with E-state index in [1.807, 2.05) is 16.7 Å². The average molecular weight is 239 g/mol. The lowest BCUT2D eigenvalue weighted by Gasteiger charge is -2.04. The van der Waals surface area contributed by atoms with Crippen LogP contribution in [-0.4, -0.2) is 33.0 Å². The molecule has 0 fully saturated rings. The summed E-state index contributed by atoms with van der Waals surface area (Å²) in [4.78, 5) is 16.6. The van der Waals surface area contributed by atoms with Crippen molar-refractivity contribution in [2.75, 3.05) is 6.54 Å². The van der Waals surface area contributed by atoms with Crippen LogP contribution < -0.4 is 5.32 Å². The summed E-state index contributed by atoms with van der Waals surface area (Å²) in [6.45, 7) is 3.82. The zero-order chi connectivity index (χ0) is 11.7. The molecular weight excluding hydrogens is 226 g/mol. The Labute approximate surface area is 96.7 Å². The van der Waals surface area contributed by atoms with E-state index >= 15 is 0 Å². The van der Waals surface area contributed by atoms with Crippen LogP contribution in [-0.2, 0) is 0 Å². The fourth-order valence-corrected chi connectivity index (χ4v) is 2.19. The predicted molar refractivity (Wildman–Crippen MR) is 61.8 cm³/mol. The fourth-order valence-electron chi connectivity index (χ4n) is 1.33. The molecule has 0 saturated carbocycles. The van der Waals surface area contributed by atoms with Gasteiger partial charge in [0, 0.05) is 23.8 Å². The van der Waals surface area contributed by atoms with Crippen molar-refractivity contribution >= 4 is 22.2 Å². The van der Waals surface area contributed by atoms with Gasteiger partial charge in [-0.2, -0.15) is 0 Å². The Hall–Kier alpha value is -1.40. The van der Waals surface area contributed by atoms with Crippen LogP contribution >= 0.6 is 11.3 Å². The molecule has 0 saturated heterocycles. The first-order valence-electron chi connectivity index (χ1n) is 4.97. The Morgan fingerprint density at radius 2 is 2.50 bits per heavy atom. The number of thiazole rings is 1. The van der Waals surface area contributed by atoms with E-state index in [9.17, 15) is 4.79 Å². The average Bonchev–Trinajstić information content (AvgIpc) is 2.78. The second-order valence-electron chi connectivity index (χ2n) is 3.71. The molecule has 0 spiro atoms. The Morgan fingerprint density at radius 3 is 3.12 bits per heavy atom. The van der Waals surface area contributed by atoms with Gasteiger partial charge in [0.25, 0.3) is 5.91 Å². The summed E-state index contributed by atoms with van der Waals surface area (Å²) >= 11 is 1.50. The monoisotopic (exact) mass is 239 g/mol. The number of carbonyl (C=O) groups is 1. The number of rotatable bonds is 3. The highest BCUT2D eigenvalue weighted by Gasteiger charge is 2.12. The van der Waals surface area contributed by atoms with E-state index in [0.717, 1.165) is 10.7 Å². The summed E-state index contributed by atoms with van der Waals surface area (Å²) < 4.78 is 1.88. The zero-order valence-electron chi connectivity index (χ0n) is 9.10. The molecule has 0 radical (unpaired) electrons. The number of imidazole rings is 1. The first-order valence-corrected chi connectivity index (χ1v) is 5.85. The SMILES string of the molecule is Cc1csc2nc(C(=O)NCC(C)O)cn12. The molecule has 0 aromatic carbocycles. The number of fused-ring (bicyclic) bond motifs is 1. The van der Waals surface area contributed by atoms with Crippen LogP contribution in [0.15, 0.2) is 11.6 Å². The fraction of sp³-hybridized carbons (Fsp3) is 0.400. The van der Waals surface area contributed by atoms with Gasteiger partial charge in [-0.3, -0.25) is 9.20 Å². The van der Waals surface area contributed by atoms with E-state index < -0.39 is 6.10 Å². The van der Waals surface area contributed by atoms with Gasteiger partial charge < -0.3 is 10.4 Å². The minimum Gasteiger partial charge on any atom is -0.392 e. The number of hydrogen-bond acceptors (Lipinski definition) is 4. The Kier molecular flexibility index (Phi) is 2.93. The molecule has 86 valence electrons. The van der Waals surface area contributed by atoms with Crippen molar-refractivity contribution < 1.29 is 9.90 Å². The van der Waals surface area contributed by atoms with Crippen LogP contribution in [0.3, 0.4) is 0 Å². The molecular formula is C10H13N3O2S. The van der Waals surface area contributed by atoms with Crippen LogP contribution in [0, 0.1) is 6.92 Å². The van der Waals surface area contributed by atoms with Crippen molar-refractivity contribution in [2.45, 2.75) is 20.0 Å². The van der Waals surface area contributed by atoms with E-state index in [4.69, 9.17) is 5.11 Å². The number of aliphatic hydroxyl groups is 1. The molecule has 5 nitrogen and oxygen atoms in total. The number of aromatic nitrogens is 2. The number of hydrogen-bond donors (Lipinski definition) is 2. The van der Waals surface area contributed by atoms with Crippen molar-refractivity contribution in [1.82, 2.24) is 14.7 Å². The molecule has 2 rings (SSSR count). The molecule has 0 bridgehead atoms. The van der Waals surface area contributed by atoms with Gasteiger partial charge in [0.1, 0.15) is 5.69 Å². The lowest BCUT2D eigenvalue weighted by atomic mass is 10.4. The lowest BCUT2D eigenvalue weighted by Crippen LogP contribution is -2.30. The molecule has 6 heteroatoms. The maximum atomic E-state index is 11.6. The molecule has 16 heavy (non-hydrogen) atoms. The molecule has 1 amide bonds. The van der Waals surface area contributed by atoms with E-state index in [2.05, 4.69) is 10.3 Å². The molecule has 2 aromatic rings. The summed E-state index contributed by atoms with van der Waals surface area (Å²) in [5.74, 6) is -0.254. The molecule has 1 atom stereocenters. The molecule has 2 N–H and O–H groups in total. The number of aryl methyl sites for hydroxylation is 1. The van der Waals surface area contributed by atoms with Gasteiger partial charge in [-0.25, -0.2) is 4.98 Å². The van der Waals surface area contributed by atoms with Crippen LogP contribution in [0.25, 0.3) is 4.96 Å². The lowest BCUT2D eigenvalue weighted by molar-refractivity contribution is 0.0919. The molecule has 0 aliphatic heterocycles. The molecule has 0 aliphatic rings. The van der Waals surface area contributed by atoms with Gasteiger partial charge in [-0.05, 0) is 13.8 Å². The quantitative estimate of drug-likeness (QED) is 0.833. The number of aliphatic hydroxyl groups excluding tert-OH is 1. The van der Waals surface area contributed by atoms with E-state index in [1.54, 1.807) is 13.1 Å². The Balaban J connectivity index is 2.17. The molecule has 1 unspecified atom stereocenters. The molecule has 2 heterocycles. The number of nitrogens with zero attached hydrogens (tertiary/aromatic N) is 2. The van der Waals surface area contributed by atoms with E-state index in [-0.39, 0.29) is 12.5 Å². The van der Waals surface area contributed by atoms with Crippen LogP contribution in [0.1, 0.15) is 23.1 Å². The van der Waals surface area contributed by atoms with Gasteiger partial charge in [0.05, 0.1) is 6.10 Å². The third kappa shape index (κ3) is 2.07. The summed E-state index contributed by atoms with van der Waals surface area (Å²) in [6, 6.07) is 0. The Morgan fingerprint density at radius 1 is 1.75 bits per heavy atom. The standard InChI is InChI=1S/C10H13N3O2S/c1-6-5-16-10-12-8(4-13(6)10)9(15)11-3-7(2)14/h4-5,7,14H,3H2,1-2H3,(H,11,15). The largest absolute Gasteiger partial charge is 0.392 e. The summed E-state index contributed by atoms with van der Waals surface area (Å²) in [5.41, 5.74) is 1.44. The first kappa shape index (κ1) is 11.1. The predicted octanol–water partition coefficient (Wildman–Crippen LogP) is 0.815. The topological polar surface area (TPSA) is 66.6 Å². The van der Waals surface area contributed by atoms with Crippen LogP contribution in [0.5, 0.6) is 0 Å². The van der Waals surface area contributed by atoms with Gasteiger partial charge in [0.2, 0.25) is 0 Å². The van der Waals surface area contributed by atoms with Crippen molar-refractivity contribution in [2.24, 2.45) is 0 Å². The van der Waals surface area contributed by atoms with Crippen molar-refractivity contribution in [3.63, 3.8) is 0 Å². The summed E-state index contributed by atoms with van der Waals surface area (Å²) in [7, 11) is 0. The van der Waals surface area contributed by atoms with E-state index in [1.165, 1.54) is 11.3 Å². The van der Waals surface area contributed by atoms with Crippen molar-refractivity contribution in [1.29, 1.82) is 0 Å². The van der Waals surface area contributed by atoms with E-state index in [0.29, 0.717) is 5.69 Å². The number of nitrogens with one attached hydrogen (secondary N) is 1. The second kappa shape index (κ2) is 4.23. The smallest absolute Gasteiger partial charge is 0.271 e. The van der Waals surface area contributed by atoms with Crippen molar-refractivity contribution in [3.8, 4) is 0 Å². The summed E-state index contributed by atoms with van der Waals surface area (Å²) in [6.07, 6.45) is 1.16. The number of amides is 1. The van der Waals surface area contributed by atoms with Gasteiger partial charge >= 0.3 is 0 Å². The van der Waals surface area contributed by atoms with Gasteiger partial charge in [-0.1, -0.05) is 0 Å². The zero-order valence-corrected chi connectivity index (χ0v) is 9.91. The van der Waals surface area contributed by atoms with Crippen LogP contribution in [0.4, 0.5) is 0 Å². The minimum absolute atomic E-state index is 0.239. The van der Waals surface area contributed by atoms with Crippen LogP contribution in [0.2, 0.25) is 0 Å².